The average molecular weight is 440 g/mol. The van der Waals surface area contributed by atoms with E-state index in [1.807, 2.05) is 6.92 Å². The number of nitrogens with zero attached hydrogens (tertiary/aromatic N) is 2. The quantitative estimate of drug-likeness (QED) is 0.745. The van der Waals surface area contributed by atoms with E-state index in [0.29, 0.717) is 6.54 Å². The lowest BCUT2D eigenvalue weighted by molar-refractivity contribution is -0.123. The second-order valence-corrected chi connectivity index (χ2v) is 9.15. The maximum atomic E-state index is 13.0. The van der Waals surface area contributed by atoms with E-state index in [9.17, 15) is 9.18 Å². The molecule has 1 fully saturated rings. The van der Waals surface area contributed by atoms with Crippen LogP contribution in [0.4, 0.5) is 4.39 Å². The largest absolute Gasteiger partial charge is 0.348 e. The molecule has 1 aromatic heterocycles. The summed E-state index contributed by atoms with van der Waals surface area (Å²) in [6.07, 6.45) is 0. The molecule has 0 spiro atoms. The van der Waals surface area contributed by atoms with E-state index in [-0.39, 0.29) is 17.8 Å². The second kappa shape index (κ2) is 9.08. The fourth-order valence-electron chi connectivity index (χ4n) is 3.09. The van der Waals surface area contributed by atoms with Crippen LogP contribution in [0.25, 0.3) is 0 Å². The predicted molar refractivity (Wildman–Crippen MR) is 107 cm³/mol. The number of hydrogen-bond acceptors (Lipinski definition) is 4. The minimum atomic E-state index is -0.264. The SMILES string of the molecule is C[C@@H](NC(=O)CN1CCN(Cc2ccc(Br)s2)CC1)c1ccc(F)cc1. The van der Waals surface area contributed by atoms with E-state index < -0.39 is 0 Å². The summed E-state index contributed by atoms with van der Waals surface area (Å²) in [4.78, 5) is 18.3. The van der Waals surface area contributed by atoms with Crippen molar-refractivity contribution in [1.82, 2.24) is 15.1 Å². The Morgan fingerprint density at radius 2 is 1.81 bits per heavy atom. The Bertz CT molecular complexity index is 729. The molecule has 26 heavy (non-hydrogen) atoms. The number of carbonyl (C=O) groups is 1. The fourth-order valence-corrected chi connectivity index (χ4v) is 4.61. The van der Waals surface area contributed by atoms with Gasteiger partial charge in [0.05, 0.1) is 16.4 Å². The highest BCUT2D eigenvalue weighted by atomic mass is 79.9. The molecule has 1 saturated heterocycles. The van der Waals surface area contributed by atoms with Crippen molar-refractivity contribution >= 4 is 33.2 Å². The van der Waals surface area contributed by atoms with Gasteiger partial charge in [-0.25, -0.2) is 4.39 Å². The topological polar surface area (TPSA) is 35.6 Å². The zero-order chi connectivity index (χ0) is 18.5. The van der Waals surface area contributed by atoms with Crippen LogP contribution in [0.5, 0.6) is 0 Å². The lowest BCUT2D eigenvalue weighted by Gasteiger charge is -2.34. The van der Waals surface area contributed by atoms with Crippen molar-refractivity contribution in [3.63, 3.8) is 0 Å². The van der Waals surface area contributed by atoms with Gasteiger partial charge in [0.1, 0.15) is 5.82 Å². The highest BCUT2D eigenvalue weighted by Crippen LogP contribution is 2.23. The summed E-state index contributed by atoms with van der Waals surface area (Å²) in [6, 6.07) is 10.4. The van der Waals surface area contributed by atoms with E-state index in [1.54, 1.807) is 23.5 Å². The monoisotopic (exact) mass is 439 g/mol. The minimum Gasteiger partial charge on any atom is -0.348 e. The van der Waals surface area contributed by atoms with Gasteiger partial charge < -0.3 is 5.32 Å². The van der Waals surface area contributed by atoms with Gasteiger partial charge in [-0.3, -0.25) is 14.6 Å². The lowest BCUT2D eigenvalue weighted by Crippen LogP contribution is -2.49. The molecule has 0 aliphatic carbocycles. The Morgan fingerprint density at radius 1 is 1.15 bits per heavy atom. The molecule has 2 aromatic rings. The number of thiophene rings is 1. The van der Waals surface area contributed by atoms with Crippen LogP contribution in [-0.4, -0.2) is 48.4 Å². The van der Waals surface area contributed by atoms with Gasteiger partial charge in [-0.15, -0.1) is 11.3 Å². The highest BCUT2D eigenvalue weighted by Gasteiger charge is 2.20. The third-order valence-electron chi connectivity index (χ3n) is 4.59. The minimum absolute atomic E-state index is 0.0115. The van der Waals surface area contributed by atoms with Gasteiger partial charge in [-0.05, 0) is 52.7 Å². The Labute approximate surface area is 166 Å². The molecule has 1 aromatic carbocycles. The van der Waals surface area contributed by atoms with Gasteiger partial charge in [-0.1, -0.05) is 12.1 Å². The molecular weight excluding hydrogens is 417 g/mol. The first kappa shape index (κ1) is 19.5. The summed E-state index contributed by atoms with van der Waals surface area (Å²) in [7, 11) is 0. The standard InChI is InChI=1S/C19H23BrFN3OS/c1-14(15-2-4-16(21)5-3-15)22-19(25)13-24-10-8-23(9-11-24)12-17-6-7-18(20)26-17/h2-7,14H,8-13H2,1H3,(H,22,25)/t14-/m1/s1. The van der Waals surface area contributed by atoms with Gasteiger partial charge in [0.2, 0.25) is 5.91 Å². The van der Waals surface area contributed by atoms with Crippen molar-refractivity contribution in [2.24, 2.45) is 0 Å². The van der Waals surface area contributed by atoms with Crippen LogP contribution in [0.1, 0.15) is 23.4 Å². The third-order valence-corrected chi connectivity index (χ3v) is 6.20. The Kier molecular flexibility index (Phi) is 6.80. The first-order valence-corrected chi connectivity index (χ1v) is 10.3. The van der Waals surface area contributed by atoms with Crippen molar-refractivity contribution in [1.29, 1.82) is 0 Å². The van der Waals surface area contributed by atoms with E-state index in [2.05, 4.69) is 43.2 Å². The summed E-state index contributed by atoms with van der Waals surface area (Å²) in [5, 5.41) is 3.00. The van der Waals surface area contributed by atoms with E-state index >= 15 is 0 Å². The Hall–Kier alpha value is -1.28. The third kappa shape index (κ3) is 5.61. The summed E-state index contributed by atoms with van der Waals surface area (Å²) in [6.45, 7) is 7.02. The first-order chi connectivity index (χ1) is 12.5. The van der Waals surface area contributed by atoms with Gasteiger partial charge in [-0.2, -0.15) is 0 Å². The maximum Gasteiger partial charge on any atom is 0.234 e. The molecule has 7 heteroatoms. The summed E-state index contributed by atoms with van der Waals surface area (Å²) >= 11 is 5.27. The molecule has 140 valence electrons. The average Bonchev–Trinajstić information content (AvgIpc) is 3.02. The zero-order valence-electron chi connectivity index (χ0n) is 14.8. The van der Waals surface area contributed by atoms with Gasteiger partial charge in [0.15, 0.2) is 0 Å². The van der Waals surface area contributed by atoms with Gasteiger partial charge in [0.25, 0.3) is 0 Å². The smallest absolute Gasteiger partial charge is 0.234 e. The molecule has 4 nitrogen and oxygen atoms in total. The molecule has 1 N–H and O–H groups in total. The molecule has 0 radical (unpaired) electrons. The van der Waals surface area contributed by atoms with Crippen molar-refractivity contribution < 1.29 is 9.18 Å². The number of nitrogens with one attached hydrogen (secondary N) is 1. The van der Waals surface area contributed by atoms with Crippen LogP contribution < -0.4 is 5.32 Å². The predicted octanol–water partition coefficient (Wildman–Crippen LogP) is 3.64. The molecule has 1 atom stereocenters. The van der Waals surface area contributed by atoms with Crippen molar-refractivity contribution in [2.75, 3.05) is 32.7 Å². The lowest BCUT2D eigenvalue weighted by atomic mass is 10.1. The molecule has 0 saturated carbocycles. The molecule has 0 bridgehead atoms. The normalized spacial score (nSPS) is 17.2. The summed E-state index contributed by atoms with van der Waals surface area (Å²) in [5.41, 5.74) is 0.909. The molecule has 3 rings (SSSR count). The Balaban J connectivity index is 1.41. The molecule has 1 amide bonds. The van der Waals surface area contributed by atoms with E-state index in [0.717, 1.165) is 42.1 Å². The molecule has 1 aliphatic heterocycles. The van der Waals surface area contributed by atoms with Crippen LogP contribution >= 0.6 is 27.3 Å². The maximum absolute atomic E-state index is 13.0. The number of rotatable bonds is 6. The molecule has 1 aliphatic rings. The molecule has 2 heterocycles. The number of hydrogen-bond donors (Lipinski definition) is 1. The van der Waals surface area contributed by atoms with E-state index in [1.165, 1.54) is 17.0 Å². The van der Waals surface area contributed by atoms with Gasteiger partial charge in [0, 0.05) is 37.6 Å². The number of carbonyl (C=O) groups excluding carboxylic acids is 1. The fraction of sp³-hybridized carbons (Fsp3) is 0.421. The van der Waals surface area contributed by atoms with Crippen LogP contribution in [0.15, 0.2) is 40.2 Å². The van der Waals surface area contributed by atoms with Crippen LogP contribution in [0.3, 0.4) is 0 Å². The molecule has 0 unspecified atom stereocenters. The number of amides is 1. The second-order valence-electron chi connectivity index (χ2n) is 6.60. The first-order valence-electron chi connectivity index (χ1n) is 8.73. The zero-order valence-corrected chi connectivity index (χ0v) is 17.2. The summed E-state index contributed by atoms with van der Waals surface area (Å²) < 4.78 is 14.2. The molecular formula is C19H23BrFN3OS. The summed E-state index contributed by atoms with van der Waals surface area (Å²) in [5.74, 6) is -0.252. The highest BCUT2D eigenvalue weighted by molar-refractivity contribution is 9.11. The van der Waals surface area contributed by atoms with Crippen molar-refractivity contribution in [3.8, 4) is 0 Å². The van der Waals surface area contributed by atoms with Crippen LogP contribution in [0, 0.1) is 5.82 Å². The van der Waals surface area contributed by atoms with E-state index in [4.69, 9.17) is 0 Å². The van der Waals surface area contributed by atoms with Crippen LogP contribution in [0.2, 0.25) is 0 Å². The Morgan fingerprint density at radius 3 is 2.42 bits per heavy atom. The van der Waals surface area contributed by atoms with Crippen molar-refractivity contribution in [3.05, 3.63) is 56.4 Å². The van der Waals surface area contributed by atoms with Crippen molar-refractivity contribution in [2.45, 2.75) is 19.5 Å². The number of benzene rings is 1. The van der Waals surface area contributed by atoms with Gasteiger partial charge >= 0.3 is 0 Å². The van der Waals surface area contributed by atoms with Crippen LogP contribution in [-0.2, 0) is 11.3 Å². The number of piperazine rings is 1. The number of halogens is 2.